The maximum atomic E-state index is 13.6. The molecule has 150 valence electrons. The van der Waals surface area contributed by atoms with Gasteiger partial charge in [0.05, 0.1) is 12.0 Å². The highest BCUT2D eigenvalue weighted by atomic mass is 32.2. The molecule has 0 saturated carbocycles. The lowest BCUT2D eigenvalue weighted by molar-refractivity contribution is -0.144. The van der Waals surface area contributed by atoms with Gasteiger partial charge in [0.25, 0.3) is 0 Å². The predicted molar refractivity (Wildman–Crippen MR) is 94.4 cm³/mol. The van der Waals surface area contributed by atoms with Crippen molar-refractivity contribution in [3.8, 4) is 5.75 Å². The smallest absolute Gasteiger partial charge is 0.324 e. The monoisotopic (exact) mass is 413 g/mol. The van der Waals surface area contributed by atoms with Gasteiger partial charge in [0, 0.05) is 5.56 Å². The van der Waals surface area contributed by atoms with Gasteiger partial charge in [-0.1, -0.05) is 0 Å². The molecule has 2 rings (SSSR count). The van der Waals surface area contributed by atoms with Gasteiger partial charge < -0.3 is 9.47 Å². The largest absolute Gasteiger partial charge is 0.494 e. The number of methoxy groups -OCH3 is 1. The lowest BCUT2D eigenvalue weighted by Crippen LogP contribution is -2.40. The fraction of sp³-hybridized carbons (Fsp3) is 0.222. The molecular weight excluding hydrogens is 396 g/mol. The quantitative estimate of drug-likeness (QED) is 0.526. The third-order valence-corrected chi connectivity index (χ3v) is 5.19. The number of Topliss-reactive ketones (excluding diaryl/α,β-unsaturated/α-hetero) is 1. The number of benzene rings is 2. The Morgan fingerprint density at radius 2 is 1.75 bits per heavy atom. The van der Waals surface area contributed by atoms with Crippen LogP contribution in [0.5, 0.6) is 5.75 Å². The molecule has 0 fully saturated rings. The molecule has 0 amide bonds. The molecule has 28 heavy (non-hydrogen) atoms. The van der Waals surface area contributed by atoms with Gasteiger partial charge in [-0.15, -0.1) is 0 Å². The van der Waals surface area contributed by atoms with Gasteiger partial charge >= 0.3 is 5.97 Å². The van der Waals surface area contributed by atoms with Gasteiger partial charge in [0.15, 0.2) is 24.0 Å². The third-order valence-electron chi connectivity index (χ3n) is 3.63. The number of sulfonamides is 1. The van der Waals surface area contributed by atoms with E-state index in [0.717, 1.165) is 30.3 Å². The van der Waals surface area contributed by atoms with Crippen LogP contribution in [0.1, 0.15) is 17.3 Å². The van der Waals surface area contributed by atoms with Crippen LogP contribution in [-0.2, 0) is 19.6 Å². The first-order chi connectivity index (χ1) is 13.1. The Labute approximate surface area is 160 Å². The summed E-state index contributed by atoms with van der Waals surface area (Å²) in [5, 5.41) is 0. The molecule has 0 radical (unpaired) electrons. The average Bonchev–Trinajstić information content (AvgIpc) is 2.65. The maximum Gasteiger partial charge on any atom is 0.324 e. The zero-order valence-corrected chi connectivity index (χ0v) is 15.8. The molecule has 0 aliphatic carbocycles. The molecule has 0 aromatic heterocycles. The molecule has 1 atom stereocenters. The molecule has 10 heteroatoms. The lowest BCUT2D eigenvalue weighted by atomic mass is 10.1. The van der Waals surface area contributed by atoms with E-state index in [4.69, 9.17) is 9.47 Å². The van der Waals surface area contributed by atoms with Crippen LogP contribution in [-0.4, -0.2) is 39.9 Å². The minimum atomic E-state index is -4.09. The van der Waals surface area contributed by atoms with Gasteiger partial charge in [0.1, 0.15) is 11.9 Å². The van der Waals surface area contributed by atoms with Crippen LogP contribution >= 0.6 is 0 Å². The Hall–Kier alpha value is -2.85. The summed E-state index contributed by atoms with van der Waals surface area (Å²) >= 11 is 0. The van der Waals surface area contributed by atoms with Gasteiger partial charge in [-0.05, 0) is 49.4 Å². The van der Waals surface area contributed by atoms with Crippen LogP contribution in [0.4, 0.5) is 8.78 Å². The Morgan fingerprint density at radius 3 is 2.32 bits per heavy atom. The molecule has 0 saturated heterocycles. The lowest BCUT2D eigenvalue weighted by Gasteiger charge is -2.13. The van der Waals surface area contributed by atoms with Crippen molar-refractivity contribution in [3.63, 3.8) is 0 Å². The van der Waals surface area contributed by atoms with Gasteiger partial charge in [-0.25, -0.2) is 17.2 Å². The molecule has 0 unspecified atom stereocenters. The molecule has 0 aliphatic heterocycles. The molecule has 2 aromatic carbocycles. The number of hydrogen-bond acceptors (Lipinski definition) is 6. The standard InChI is InChI=1S/C18H17F2NO6S/c1-11(21-28(24,25)14-6-4-13(19)5-7-14)18(23)27-10-16(22)12-3-8-17(26-2)15(20)9-12/h3-9,11,21H,10H2,1-2H3/t11-/m0/s1. The summed E-state index contributed by atoms with van der Waals surface area (Å²) in [5.74, 6) is -3.09. The Balaban J connectivity index is 1.95. The van der Waals surface area contributed by atoms with E-state index in [1.54, 1.807) is 0 Å². The minimum Gasteiger partial charge on any atom is -0.494 e. The topological polar surface area (TPSA) is 98.8 Å². The molecule has 1 N–H and O–H groups in total. The fourth-order valence-electron chi connectivity index (χ4n) is 2.15. The van der Waals surface area contributed by atoms with Crippen molar-refractivity contribution in [1.29, 1.82) is 0 Å². The van der Waals surface area contributed by atoms with Gasteiger partial charge in [-0.2, -0.15) is 4.72 Å². The normalized spacial score (nSPS) is 12.3. The molecule has 0 heterocycles. The number of rotatable bonds is 8. The fourth-order valence-corrected chi connectivity index (χ4v) is 3.34. The van der Waals surface area contributed by atoms with E-state index in [1.807, 2.05) is 0 Å². The van der Waals surface area contributed by atoms with Gasteiger partial charge in [-0.3, -0.25) is 9.59 Å². The third kappa shape index (κ3) is 5.33. The Kier molecular flexibility index (Phi) is 6.81. The number of halogens is 2. The van der Waals surface area contributed by atoms with E-state index in [2.05, 4.69) is 4.72 Å². The van der Waals surface area contributed by atoms with Crippen LogP contribution in [0, 0.1) is 11.6 Å². The number of esters is 1. The molecule has 2 aromatic rings. The van der Waals surface area contributed by atoms with Crippen LogP contribution in [0.2, 0.25) is 0 Å². The second-order valence-electron chi connectivity index (χ2n) is 5.68. The van der Waals surface area contributed by atoms with E-state index in [9.17, 15) is 26.8 Å². The summed E-state index contributed by atoms with van der Waals surface area (Å²) in [6.07, 6.45) is 0. The molecule has 0 bridgehead atoms. The molecule has 0 spiro atoms. The number of carbonyl (C=O) groups is 2. The van der Waals surface area contributed by atoms with Crippen molar-refractivity contribution in [2.24, 2.45) is 0 Å². The molecule has 0 aliphatic rings. The summed E-state index contributed by atoms with van der Waals surface area (Å²) in [5.41, 5.74) is -0.0364. The summed E-state index contributed by atoms with van der Waals surface area (Å²) in [6, 6.07) is 6.19. The van der Waals surface area contributed by atoms with Crippen molar-refractivity contribution >= 4 is 21.8 Å². The van der Waals surface area contributed by atoms with E-state index < -0.39 is 46.1 Å². The number of ketones is 1. The van der Waals surface area contributed by atoms with Gasteiger partial charge in [0.2, 0.25) is 10.0 Å². The zero-order valence-electron chi connectivity index (χ0n) is 14.9. The highest BCUT2D eigenvalue weighted by molar-refractivity contribution is 7.89. The van der Waals surface area contributed by atoms with E-state index >= 15 is 0 Å². The van der Waals surface area contributed by atoms with E-state index in [0.29, 0.717) is 0 Å². The summed E-state index contributed by atoms with van der Waals surface area (Å²) in [6.45, 7) is 0.522. The minimum absolute atomic E-state index is 0.0364. The maximum absolute atomic E-state index is 13.6. The van der Waals surface area contributed by atoms with E-state index in [1.165, 1.54) is 26.2 Å². The first-order valence-electron chi connectivity index (χ1n) is 7.95. The number of nitrogens with one attached hydrogen (secondary N) is 1. The first-order valence-corrected chi connectivity index (χ1v) is 9.43. The van der Waals surface area contributed by atoms with Crippen LogP contribution in [0.25, 0.3) is 0 Å². The van der Waals surface area contributed by atoms with Crippen molar-refractivity contribution in [1.82, 2.24) is 4.72 Å². The summed E-state index contributed by atoms with van der Waals surface area (Å²) in [4.78, 5) is 23.7. The first kappa shape index (κ1) is 21.5. The second kappa shape index (κ2) is 8.89. The summed E-state index contributed by atoms with van der Waals surface area (Å²) < 4.78 is 62.4. The highest BCUT2D eigenvalue weighted by Crippen LogP contribution is 2.18. The average molecular weight is 413 g/mol. The second-order valence-corrected chi connectivity index (χ2v) is 7.39. The van der Waals surface area contributed by atoms with Crippen LogP contribution in [0.3, 0.4) is 0 Å². The Morgan fingerprint density at radius 1 is 1.11 bits per heavy atom. The molecule has 7 nitrogen and oxygen atoms in total. The number of carbonyl (C=O) groups excluding carboxylic acids is 2. The molecular formula is C18H17F2NO6S. The van der Waals surface area contributed by atoms with Crippen LogP contribution in [0.15, 0.2) is 47.4 Å². The van der Waals surface area contributed by atoms with Crippen LogP contribution < -0.4 is 9.46 Å². The summed E-state index contributed by atoms with van der Waals surface area (Å²) in [7, 11) is -2.82. The Bertz CT molecular complexity index is 976. The highest BCUT2D eigenvalue weighted by Gasteiger charge is 2.24. The SMILES string of the molecule is COc1ccc(C(=O)COC(=O)[C@H](C)NS(=O)(=O)c2ccc(F)cc2)cc1F. The van der Waals surface area contributed by atoms with Crippen molar-refractivity contribution in [2.45, 2.75) is 17.9 Å². The van der Waals surface area contributed by atoms with Crippen molar-refractivity contribution < 1.29 is 36.3 Å². The number of hydrogen-bond donors (Lipinski definition) is 1. The zero-order chi connectivity index (χ0) is 20.9. The van der Waals surface area contributed by atoms with Crippen molar-refractivity contribution in [2.75, 3.05) is 13.7 Å². The van der Waals surface area contributed by atoms with E-state index in [-0.39, 0.29) is 16.2 Å². The van der Waals surface area contributed by atoms with Crippen molar-refractivity contribution in [3.05, 3.63) is 59.7 Å². The predicted octanol–water partition coefficient (Wildman–Crippen LogP) is 2.07. The number of ether oxygens (including phenoxy) is 2.